The number of anilines is 2. The molecule has 4 aromatic heterocycles. The number of nitrogens with zero attached hydrogens (tertiary/aromatic N) is 4. The Labute approximate surface area is 253 Å². The molecule has 0 amide bonds. The Balaban J connectivity index is 0.000000229. The second-order valence-electron chi connectivity index (χ2n) is 9.91. The summed E-state index contributed by atoms with van der Waals surface area (Å²) < 4.78 is 6.91. The molecular weight excluding hydrogens is 667 g/mol. The van der Waals surface area contributed by atoms with Crippen LogP contribution in [0, 0.1) is 0 Å². The van der Waals surface area contributed by atoms with Gasteiger partial charge < -0.3 is 11.5 Å². The van der Waals surface area contributed by atoms with Gasteiger partial charge in [-0.2, -0.15) is 0 Å². The van der Waals surface area contributed by atoms with Crippen molar-refractivity contribution in [3.8, 4) is 11.4 Å². The Morgan fingerprint density at radius 1 is 0.600 bits per heavy atom. The third-order valence-electron chi connectivity index (χ3n) is 6.70. The first kappa shape index (κ1) is 33.7. The summed E-state index contributed by atoms with van der Waals surface area (Å²) in [6.07, 6.45) is 15.3. The van der Waals surface area contributed by atoms with Crippen LogP contribution in [-0.2, 0) is 0 Å². The van der Waals surface area contributed by atoms with Crippen molar-refractivity contribution >= 4 is 49.4 Å². The van der Waals surface area contributed by atoms with Gasteiger partial charge in [0.15, 0.2) is 0 Å². The summed E-state index contributed by atoms with van der Waals surface area (Å²) in [5.74, 6) is 0. The maximum absolute atomic E-state index is 5.52. The Hall–Kier alpha value is -2.52. The van der Waals surface area contributed by atoms with Gasteiger partial charge >= 0.3 is 124 Å². The summed E-state index contributed by atoms with van der Waals surface area (Å²) in [6.45, 7) is 6.98. The molecule has 0 bridgehead atoms. The second kappa shape index (κ2) is 19.5. The molecule has 0 aliphatic carbocycles. The number of halogens is 1. The van der Waals surface area contributed by atoms with E-state index in [0.717, 1.165) is 16.0 Å². The van der Waals surface area contributed by atoms with Gasteiger partial charge in [-0.05, 0) is 52.3 Å². The summed E-state index contributed by atoms with van der Waals surface area (Å²) >= 11 is 0.972. The molecule has 4 aromatic rings. The molecule has 0 aromatic carbocycles. The number of hydrogen-bond donors (Lipinski definition) is 2. The van der Waals surface area contributed by atoms with E-state index in [4.69, 9.17) is 16.5 Å². The summed E-state index contributed by atoms with van der Waals surface area (Å²) in [4.78, 5) is 17.0. The zero-order chi connectivity index (χ0) is 29.1. The molecule has 0 saturated heterocycles. The van der Waals surface area contributed by atoms with Crippen molar-refractivity contribution in [3.63, 3.8) is 0 Å². The quantitative estimate of drug-likeness (QED) is 0.120. The number of nitrogen functional groups attached to an aromatic ring is 2. The maximum atomic E-state index is 5.52. The Morgan fingerprint density at radius 3 is 1.52 bits per heavy atom. The van der Waals surface area contributed by atoms with Crippen LogP contribution in [0.3, 0.4) is 0 Å². The van der Waals surface area contributed by atoms with Crippen molar-refractivity contribution in [1.29, 1.82) is 0 Å². The predicted octanol–water partition coefficient (Wildman–Crippen LogP) is 8.29. The molecule has 214 valence electrons. The Morgan fingerprint density at radius 2 is 1.12 bits per heavy atom. The van der Waals surface area contributed by atoms with Gasteiger partial charge in [0.05, 0.1) is 35.2 Å². The number of nitrogens with two attached hydrogens (primary N) is 2. The molecule has 0 radical (unpaired) electrons. The van der Waals surface area contributed by atoms with Crippen LogP contribution in [0.1, 0.15) is 59.3 Å². The van der Waals surface area contributed by atoms with E-state index < -0.39 is 18.4 Å². The maximum Gasteiger partial charge on any atom is 0.106 e. The Bertz CT molecular complexity index is 1130. The molecule has 0 unspecified atom stereocenters. The van der Waals surface area contributed by atoms with Crippen LogP contribution >= 0.6 is 15.9 Å². The standard InChI is InChI=1S/C10H9N3.C5H5BrN2.C5H4N.3C4H9.Sn/c11-8-4-5-10(13-7-8)9-3-1-2-6-12-9;6-5-2-1-4(7)3-8-5;1-2-4-6-5-3-1;3*1-3-4-2;/h1-7H,11H2;1-3H,7H2;1-4H;3*1,3-4H2,2H3;. The van der Waals surface area contributed by atoms with Crippen LogP contribution in [0.25, 0.3) is 11.4 Å². The van der Waals surface area contributed by atoms with E-state index in [1.54, 1.807) is 34.4 Å². The number of unbranched alkanes of at least 4 members (excludes halogenated alkanes) is 3. The van der Waals surface area contributed by atoms with Gasteiger partial charge in [0.2, 0.25) is 0 Å². The van der Waals surface area contributed by atoms with Gasteiger partial charge in [-0.1, -0.05) is 6.07 Å². The van der Waals surface area contributed by atoms with E-state index in [9.17, 15) is 0 Å². The van der Waals surface area contributed by atoms with Crippen LogP contribution in [0.5, 0.6) is 0 Å². The van der Waals surface area contributed by atoms with Gasteiger partial charge in [-0.15, -0.1) is 0 Å². The molecular formula is C32H45BrN6Sn. The van der Waals surface area contributed by atoms with Crippen molar-refractivity contribution in [1.82, 2.24) is 19.9 Å². The van der Waals surface area contributed by atoms with Crippen molar-refractivity contribution in [3.05, 3.63) is 90.1 Å². The molecule has 4 N–H and O–H groups in total. The molecule has 0 aliphatic heterocycles. The molecule has 0 spiro atoms. The number of hydrogen-bond acceptors (Lipinski definition) is 6. The van der Waals surface area contributed by atoms with Gasteiger partial charge in [0.1, 0.15) is 4.60 Å². The fourth-order valence-electron chi connectivity index (χ4n) is 4.44. The topological polar surface area (TPSA) is 104 Å². The third kappa shape index (κ3) is 12.3. The zero-order valence-corrected chi connectivity index (χ0v) is 28.7. The first-order chi connectivity index (χ1) is 19.4. The molecule has 4 heterocycles. The van der Waals surface area contributed by atoms with Crippen LogP contribution in [0.15, 0.2) is 90.1 Å². The van der Waals surface area contributed by atoms with E-state index in [1.807, 2.05) is 36.5 Å². The largest absolute Gasteiger partial charge is 0.397 e. The smallest absolute Gasteiger partial charge is 0.106 e. The normalized spacial score (nSPS) is 10.6. The second-order valence-corrected chi connectivity index (χ2v) is 23.8. The van der Waals surface area contributed by atoms with E-state index in [1.165, 1.54) is 51.8 Å². The van der Waals surface area contributed by atoms with E-state index in [-0.39, 0.29) is 0 Å². The molecule has 0 atom stereocenters. The van der Waals surface area contributed by atoms with Crippen molar-refractivity contribution in [2.24, 2.45) is 0 Å². The molecule has 0 aliphatic rings. The molecule has 8 heteroatoms. The number of pyridine rings is 4. The third-order valence-corrected chi connectivity index (χ3v) is 22.3. The van der Waals surface area contributed by atoms with Gasteiger partial charge in [0, 0.05) is 6.20 Å². The monoisotopic (exact) mass is 712 g/mol. The summed E-state index contributed by atoms with van der Waals surface area (Å²) in [7, 11) is 0. The number of rotatable bonds is 11. The average Bonchev–Trinajstić information content (AvgIpc) is 3.00. The van der Waals surface area contributed by atoms with Gasteiger partial charge in [-0.25, -0.2) is 4.98 Å². The summed E-state index contributed by atoms with van der Waals surface area (Å²) in [5, 5.41) is 0. The number of aromatic nitrogens is 4. The van der Waals surface area contributed by atoms with Crippen LogP contribution in [0.4, 0.5) is 11.4 Å². The molecule has 0 saturated carbocycles. The SMILES string of the molecule is CCC[CH2][Sn]([CH2]CCC)([CH2]CCC)[c]1ccccn1.Nc1ccc(-c2ccccn2)nc1.Nc1ccc(Br)nc1. The zero-order valence-electron chi connectivity index (χ0n) is 24.3. The molecule has 4 rings (SSSR count). The van der Waals surface area contributed by atoms with E-state index >= 15 is 0 Å². The van der Waals surface area contributed by atoms with E-state index in [0.29, 0.717) is 11.4 Å². The molecule has 6 nitrogen and oxygen atoms in total. The summed E-state index contributed by atoms with van der Waals surface area (Å²) in [5.41, 5.74) is 13.9. The first-order valence-corrected chi connectivity index (χ1v) is 22.6. The van der Waals surface area contributed by atoms with Gasteiger partial charge in [0.25, 0.3) is 0 Å². The molecule has 0 fully saturated rings. The van der Waals surface area contributed by atoms with Gasteiger partial charge in [-0.3, -0.25) is 9.97 Å². The van der Waals surface area contributed by atoms with Crippen LogP contribution < -0.4 is 15.2 Å². The van der Waals surface area contributed by atoms with Crippen molar-refractivity contribution in [2.45, 2.75) is 72.6 Å². The van der Waals surface area contributed by atoms with Crippen LogP contribution in [0.2, 0.25) is 13.3 Å². The minimum Gasteiger partial charge on any atom is -0.397 e. The first-order valence-electron chi connectivity index (χ1n) is 14.4. The minimum atomic E-state index is -2.21. The minimum absolute atomic E-state index is 0.666. The van der Waals surface area contributed by atoms with Crippen molar-refractivity contribution < 1.29 is 0 Å². The fraction of sp³-hybridized carbons (Fsp3) is 0.375. The van der Waals surface area contributed by atoms with Crippen LogP contribution in [-0.4, -0.2) is 38.3 Å². The Kier molecular flexibility index (Phi) is 16.5. The van der Waals surface area contributed by atoms with Crippen molar-refractivity contribution in [2.75, 3.05) is 11.5 Å². The fourth-order valence-corrected chi connectivity index (χ4v) is 20.1. The average molecular weight is 712 g/mol. The molecule has 40 heavy (non-hydrogen) atoms. The van der Waals surface area contributed by atoms with E-state index in [2.05, 4.69) is 69.9 Å². The summed E-state index contributed by atoms with van der Waals surface area (Å²) in [6, 6.07) is 19.6. The predicted molar refractivity (Wildman–Crippen MR) is 177 cm³/mol.